The minimum Gasteiger partial charge on any atom is -0.389 e. The van der Waals surface area contributed by atoms with Crippen LogP contribution in [-0.2, 0) is 10.0 Å². The van der Waals surface area contributed by atoms with E-state index in [-0.39, 0.29) is 21.1 Å². The van der Waals surface area contributed by atoms with Gasteiger partial charge in [-0.25, -0.2) is 12.8 Å². The molecule has 0 aromatic heterocycles. The molecule has 4 nitrogen and oxygen atoms in total. The van der Waals surface area contributed by atoms with Crippen molar-refractivity contribution in [2.75, 3.05) is 4.72 Å². The van der Waals surface area contributed by atoms with Gasteiger partial charge in [-0.15, -0.1) is 0 Å². The smallest absolute Gasteiger partial charge is 0.261 e. The summed E-state index contributed by atoms with van der Waals surface area (Å²) in [5.74, 6) is -0.545. The fourth-order valence-electron chi connectivity index (χ4n) is 1.80. The number of nitrogens with two attached hydrogens (primary N) is 1. The maximum Gasteiger partial charge on any atom is 0.261 e. The summed E-state index contributed by atoms with van der Waals surface area (Å²) in [5, 5.41) is 0. The van der Waals surface area contributed by atoms with Crippen LogP contribution in [0.4, 0.5) is 10.1 Å². The lowest BCUT2D eigenvalue weighted by atomic mass is 10.2. The first kappa shape index (κ1) is 15.4. The van der Waals surface area contributed by atoms with Crippen molar-refractivity contribution in [3.63, 3.8) is 0 Å². The number of hydrogen-bond donors (Lipinski definition) is 2. The SMILES string of the molecule is Cc1cccc(S(=O)(=O)Nc2ccc(F)cc2C(N)=S)c1. The van der Waals surface area contributed by atoms with E-state index >= 15 is 0 Å². The molecule has 0 heterocycles. The van der Waals surface area contributed by atoms with Gasteiger partial charge in [-0.2, -0.15) is 0 Å². The maximum absolute atomic E-state index is 13.2. The van der Waals surface area contributed by atoms with Crippen molar-refractivity contribution in [1.82, 2.24) is 0 Å². The lowest BCUT2D eigenvalue weighted by molar-refractivity contribution is 0.601. The minimum absolute atomic E-state index is 0.0866. The molecular formula is C14H13FN2O2S2. The minimum atomic E-state index is -3.79. The molecule has 0 bridgehead atoms. The molecule has 0 atom stereocenters. The fourth-order valence-corrected chi connectivity index (χ4v) is 3.15. The first-order valence-electron chi connectivity index (χ1n) is 5.98. The van der Waals surface area contributed by atoms with Crippen LogP contribution >= 0.6 is 12.2 Å². The Hall–Kier alpha value is -1.99. The van der Waals surface area contributed by atoms with Crippen LogP contribution in [0.3, 0.4) is 0 Å². The highest BCUT2D eigenvalue weighted by Gasteiger charge is 2.17. The Kier molecular flexibility index (Phi) is 4.24. The second-order valence-corrected chi connectivity index (χ2v) is 6.60. The van der Waals surface area contributed by atoms with Crippen molar-refractivity contribution in [2.45, 2.75) is 11.8 Å². The molecule has 7 heteroatoms. The Bertz CT molecular complexity index is 804. The third kappa shape index (κ3) is 3.56. The van der Waals surface area contributed by atoms with E-state index in [0.29, 0.717) is 0 Å². The van der Waals surface area contributed by atoms with E-state index in [2.05, 4.69) is 4.72 Å². The van der Waals surface area contributed by atoms with Gasteiger partial charge in [0.05, 0.1) is 10.6 Å². The summed E-state index contributed by atoms with van der Waals surface area (Å²) < 4.78 is 40.3. The molecule has 0 fully saturated rings. The van der Waals surface area contributed by atoms with E-state index in [4.69, 9.17) is 18.0 Å². The number of halogens is 1. The zero-order valence-electron chi connectivity index (χ0n) is 11.1. The van der Waals surface area contributed by atoms with E-state index in [1.54, 1.807) is 19.1 Å². The van der Waals surface area contributed by atoms with Crippen molar-refractivity contribution in [3.8, 4) is 0 Å². The molecule has 0 aliphatic carbocycles. The number of aryl methyl sites for hydroxylation is 1. The lowest BCUT2D eigenvalue weighted by Crippen LogP contribution is -2.18. The molecule has 2 rings (SSSR count). The molecule has 21 heavy (non-hydrogen) atoms. The molecule has 3 N–H and O–H groups in total. The van der Waals surface area contributed by atoms with Gasteiger partial charge in [0.2, 0.25) is 0 Å². The first-order chi connectivity index (χ1) is 9.79. The molecule has 0 aliphatic rings. The largest absolute Gasteiger partial charge is 0.389 e. The number of thiocarbonyl (C=S) groups is 1. The lowest BCUT2D eigenvalue weighted by Gasteiger charge is -2.12. The monoisotopic (exact) mass is 324 g/mol. The molecule has 2 aromatic rings. The van der Waals surface area contributed by atoms with Crippen LogP contribution < -0.4 is 10.5 Å². The molecule has 0 saturated carbocycles. The van der Waals surface area contributed by atoms with Crippen LogP contribution in [0, 0.1) is 12.7 Å². The van der Waals surface area contributed by atoms with Gasteiger partial charge >= 0.3 is 0 Å². The summed E-state index contributed by atoms with van der Waals surface area (Å²) in [7, 11) is -3.79. The standard InChI is InChI=1S/C14H13FN2O2S2/c1-9-3-2-4-11(7-9)21(18,19)17-13-6-5-10(15)8-12(13)14(16)20/h2-8,17H,1H3,(H2,16,20). The third-order valence-electron chi connectivity index (χ3n) is 2.79. The van der Waals surface area contributed by atoms with Crippen LogP contribution in [-0.4, -0.2) is 13.4 Å². The van der Waals surface area contributed by atoms with Gasteiger partial charge in [0.25, 0.3) is 10.0 Å². The second-order valence-electron chi connectivity index (χ2n) is 4.48. The molecular weight excluding hydrogens is 311 g/mol. The summed E-state index contributed by atoms with van der Waals surface area (Å²) in [6, 6.07) is 9.95. The molecule has 110 valence electrons. The molecule has 0 aliphatic heterocycles. The Balaban J connectivity index is 2.44. The summed E-state index contributed by atoms with van der Waals surface area (Å²) in [6.45, 7) is 1.79. The van der Waals surface area contributed by atoms with Crippen molar-refractivity contribution in [3.05, 3.63) is 59.4 Å². The Labute approximate surface area is 127 Å². The average Bonchev–Trinajstić information content (AvgIpc) is 2.40. The van der Waals surface area contributed by atoms with Crippen LogP contribution in [0.1, 0.15) is 11.1 Å². The summed E-state index contributed by atoms with van der Waals surface area (Å²) in [4.78, 5) is 0.0251. The van der Waals surface area contributed by atoms with Crippen LogP contribution in [0.25, 0.3) is 0 Å². The van der Waals surface area contributed by atoms with Crippen LogP contribution in [0.15, 0.2) is 47.4 Å². The predicted molar refractivity (Wildman–Crippen MR) is 84.3 cm³/mol. The molecule has 0 saturated heterocycles. The van der Waals surface area contributed by atoms with Crippen molar-refractivity contribution < 1.29 is 12.8 Å². The average molecular weight is 324 g/mol. The zero-order chi connectivity index (χ0) is 15.6. The normalized spacial score (nSPS) is 11.1. The van der Waals surface area contributed by atoms with Gasteiger partial charge in [-0.1, -0.05) is 24.4 Å². The second kappa shape index (κ2) is 5.79. The van der Waals surface area contributed by atoms with E-state index < -0.39 is 15.8 Å². The Morgan fingerprint density at radius 3 is 2.57 bits per heavy atom. The number of anilines is 1. The summed E-state index contributed by atoms with van der Waals surface area (Å²) in [5.41, 5.74) is 6.59. The van der Waals surface area contributed by atoms with Crippen molar-refractivity contribution in [2.24, 2.45) is 5.73 Å². The van der Waals surface area contributed by atoms with E-state index in [1.165, 1.54) is 18.2 Å². The van der Waals surface area contributed by atoms with E-state index in [1.807, 2.05) is 0 Å². The third-order valence-corrected chi connectivity index (χ3v) is 4.37. The fraction of sp³-hybridized carbons (Fsp3) is 0.0714. The molecule has 2 aromatic carbocycles. The van der Waals surface area contributed by atoms with E-state index in [0.717, 1.165) is 17.7 Å². The highest BCUT2D eigenvalue weighted by atomic mass is 32.2. The Morgan fingerprint density at radius 1 is 1.24 bits per heavy atom. The summed E-state index contributed by atoms with van der Waals surface area (Å²) >= 11 is 4.81. The van der Waals surface area contributed by atoms with Crippen LogP contribution in [0.2, 0.25) is 0 Å². The van der Waals surface area contributed by atoms with Gasteiger partial charge in [0.1, 0.15) is 10.8 Å². The molecule has 0 amide bonds. The highest BCUT2D eigenvalue weighted by molar-refractivity contribution is 7.92. The molecule has 0 radical (unpaired) electrons. The Morgan fingerprint density at radius 2 is 1.95 bits per heavy atom. The summed E-state index contributed by atoms with van der Waals surface area (Å²) in [6.07, 6.45) is 0. The van der Waals surface area contributed by atoms with Crippen molar-refractivity contribution >= 4 is 32.9 Å². The van der Waals surface area contributed by atoms with Crippen LogP contribution in [0.5, 0.6) is 0 Å². The highest BCUT2D eigenvalue weighted by Crippen LogP contribution is 2.21. The molecule has 0 spiro atoms. The number of nitrogens with one attached hydrogen (secondary N) is 1. The van der Waals surface area contributed by atoms with Gasteiger partial charge < -0.3 is 5.73 Å². The van der Waals surface area contributed by atoms with Crippen molar-refractivity contribution in [1.29, 1.82) is 0 Å². The molecule has 0 unspecified atom stereocenters. The number of benzene rings is 2. The number of rotatable bonds is 4. The maximum atomic E-state index is 13.2. The topological polar surface area (TPSA) is 72.2 Å². The first-order valence-corrected chi connectivity index (χ1v) is 7.87. The number of hydrogen-bond acceptors (Lipinski definition) is 3. The van der Waals surface area contributed by atoms with Gasteiger partial charge in [0, 0.05) is 5.56 Å². The van der Waals surface area contributed by atoms with Gasteiger partial charge in [-0.05, 0) is 42.8 Å². The predicted octanol–water partition coefficient (Wildman–Crippen LogP) is 2.57. The van der Waals surface area contributed by atoms with Gasteiger partial charge in [-0.3, -0.25) is 4.72 Å². The zero-order valence-corrected chi connectivity index (χ0v) is 12.8. The quantitative estimate of drug-likeness (QED) is 0.848. The number of sulfonamides is 1. The van der Waals surface area contributed by atoms with Gasteiger partial charge in [0.15, 0.2) is 0 Å². The van der Waals surface area contributed by atoms with E-state index in [9.17, 15) is 12.8 Å².